The van der Waals surface area contributed by atoms with Gasteiger partial charge in [-0.2, -0.15) is 0 Å². The van der Waals surface area contributed by atoms with Crippen molar-refractivity contribution in [2.75, 3.05) is 19.6 Å². The zero-order chi connectivity index (χ0) is 28.0. The molecule has 0 saturated carbocycles. The van der Waals surface area contributed by atoms with E-state index in [2.05, 4.69) is 104 Å². The molecule has 1 unspecified atom stereocenters. The van der Waals surface area contributed by atoms with Crippen LogP contribution in [0.15, 0.2) is 84.5 Å². The van der Waals surface area contributed by atoms with Gasteiger partial charge in [0.2, 0.25) is 0 Å². The lowest BCUT2D eigenvalue weighted by Crippen LogP contribution is -2.56. The Bertz CT molecular complexity index is 1760. The molecule has 6 aromatic rings. The van der Waals surface area contributed by atoms with Crippen molar-refractivity contribution >= 4 is 33.1 Å². The summed E-state index contributed by atoms with van der Waals surface area (Å²) in [6.07, 6.45) is 6.89. The quantitative estimate of drug-likeness (QED) is 0.200. The number of hydrogen-bond donors (Lipinski definition) is 2. The van der Waals surface area contributed by atoms with Gasteiger partial charge in [0, 0.05) is 78.0 Å². The van der Waals surface area contributed by atoms with Crippen LogP contribution in [-0.2, 0) is 13.1 Å². The van der Waals surface area contributed by atoms with Crippen LogP contribution in [0.5, 0.6) is 0 Å². The Kier molecular flexibility index (Phi) is 6.66. The highest BCUT2D eigenvalue weighted by Crippen LogP contribution is 2.42. The lowest BCUT2D eigenvalue weighted by Gasteiger charge is -2.50. The predicted octanol–water partition coefficient (Wildman–Crippen LogP) is 7.36. The summed E-state index contributed by atoms with van der Waals surface area (Å²) in [5, 5.41) is 4.78. The Labute approximate surface area is 250 Å². The number of piperidine rings is 3. The maximum atomic E-state index is 4.98. The SMILES string of the molecule is Cc1nc(-c2cccs2)cc([C@H]2CN3CC[C@H]2C[C@@H]3CN(Cc2c[nH]c3ccccc23)Cc2c[nH]c3ccccc23)n1. The third kappa shape index (κ3) is 4.85. The molecule has 9 rings (SSSR count). The fraction of sp³-hybridized carbons (Fsp3) is 0.314. The minimum atomic E-state index is 0.478. The van der Waals surface area contributed by atoms with Crippen molar-refractivity contribution in [2.45, 2.75) is 44.8 Å². The Balaban J connectivity index is 1.05. The standard InChI is InChI=1S/C35H36N6S/c1-23-38-33(16-34(39-23)35-11-6-14-42-35)30-22-41-13-12-24(30)15-27(41)21-40(19-25-17-36-31-9-4-2-7-28(25)31)20-26-18-37-32-10-5-3-8-29(26)32/h2-11,14,16-18,24,27,30,36-37H,12-13,15,19-22H2,1H3/t24-,27+,30-/m0/s1. The van der Waals surface area contributed by atoms with Crippen LogP contribution in [0, 0.1) is 12.8 Å². The highest BCUT2D eigenvalue weighted by Gasteiger charge is 2.42. The van der Waals surface area contributed by atoms with Crippen LogP contribution in [0.1, 0.15) is 41.4 Å². The van der Waals surface area contributed by atoms with E-state index < -0.39 is 0 Å². The van der Waals surface area contributed by atoms with Gasteiger partial charge in [-0.15, -0.1) is 11.3 Å². The van der Waals surface area contributed by atoms with Gasteiger partial charge in [-0.1, -0.05) is 42.5 Å². The summed E-state index contributed by atoms with van der Waals surface area (Å²) in [5.41, 5.74) is 7.47. The number of fused-ring (bicyclic) bond motifs is 5. The van der Waals surface area contributed by atoms with Gasteiger partial charge in [0.15, 0.2) is 0 Å². The first-order valence-corrected chi connectivity index (χ1v) is 16.0. The van der Waals surface area contributed by atoms with E-state index >= 15 is 0 Å². The number of aromatic nitrogens is 4. The van der Waals surface area contributed by atoms with Gasteiger partial charge in [-0.05, 0) is 73.0 Å². The molecule has 6 nitrogen and oxygen atoms in total. The summed E-state index contributed by atoms with van der Waals surface area (Å²) in [7, 11) is 0. The van der Waals surface area contributed by atoms with Gasteiger partial charge < -0.3 is 9.97 Å². The molecule has 7 heteroatoms. The van der Waals surface area contributed by atoms with Crippen LogP contribution in [0.25, 0.3) is 32.4 Å². The van der Waals surface area contributed by atoms with Crippen LogP contribution in [0.2, 0.25) is 0 Å². The first kappa shape index (κ1) is 25.9. The second-order valence-electron chi connectivity index (χ2n) is 12.1. The lowest BCUT2D eigenvalue weighted by molar-refractivity contribution is 0.00857. The summed E-state index contributed by atoms with van der Waals surface area (Å²) in [6.45, 7) is 7.23. The number of aryl methyl sites for hydroxylation is 1. The second kappa shape index (κ2) is 10.8. The Morgan fingerprint density at radius 1 is 0.905 bits per heavy atom. The first-order chi connectivity index (χ1) is 20.7. The minimum Gasteiger partial charge on any atom is -0.361 e. The van der Waals surface area contributed by atoms with E-state index in [1.54, 1.807) is 11.3 Å². The van der Waals surface area contributed by atoms with Gasteiger partial charge in [-0.3, -0.25) is 9.80 Å². The maximum Gasteiger partial charge on any atom is 0.126 e. The van der Waals surface area contributed by atoms with Crippen LogP contribution >= 0.6 is 11.3 Å². The van der Waals surface area contributed by atoms with Gasteiger partial charge in [0.1, 0.15) is 5.82 Å². The summed E-state index contributed by atoms with van der Waals surface area (Å²) in [5.74, 6) is 2.02. The molecular formula is C35H36N6S. The highest BCUT2D eigenvalue weighted by atomic mass is 32.1. The van der Waals surface area contributed by atoms with Crippen molar-refractivity contribution in [2.24, 2.45) is 5.92 Å². The molecule has 0 amide bonds. The third-order valence-corrected chi connectivity index (χ3v) is 10.4. The summed E-state index contributed by atoms with van der Waals surface area (Å²) in [4.78, 5) is 23.4. The molecule has 3 aliphatic rings. The zero-order valence-electron chi connectivity index (χ0n) is 24.0. The molecule has 42 heavy (non-hydrogen) atoms. The van der Waals surface area contributed by atoms with E-state index in [4.69, 9.17) is 9.97 Å². The summed E-state index contributed by atoms with van der Waals surface area (Å²) in [6, 6.07) is 24.4. The van der Waals surface area contributed by atoms with Crippen LogP contribution in [0.3, 0.4) is 0 Å². The number of thiophene rings is 1. The van der Waals surface area contributed by atoms with E-state index in [9.17, 15) is 0 Å². The molecule has 2 bridgehead atoms. The summed E-state index contributed by atoms with van der Waals surface area (Å²) < 4.78 is 0. The van der Waals surface area contributed by atoms with Crippen molar-refractivity contribution in [3.8, 4) is 10.6 Å². The molecule has 0 spiro atoms. The molecule has 212 valence electrons. The Morgan fingerprint density at radius 2 is 1.62 bits per heavy atom. The zero-order valence-corrected chi connectivity index (χ0v) is 24.8. The molecule has 0 radical (unpaired) electrons. The van der Waals surface area contributed by atoms with E-state index in [0.717, 1.165) is 37.7 Å². The number of nitrogens with zero attached hydrogens (tertiary/aromatic N) is 4. The lowest BCUT2D eigenvalue weighted by atomic mass is 9.74. The second-order valence-corrected chi connectivity index (χ2v) is 13.1. The van der Waals surface area contributed by atoms with Crippen LogP contribution in [0.4, 0.5) is 0 Å². The molecule has 4 atom stereocenters. The van der Waals surface area contributed by atoms with Gasteiger partial charge in [0.25, 0.3) is 0 Å². The number of rotatable bonds is 8. The smallest absolute Gasteiger partial charge is 0.126 e. The third-order valence-electron chi connectivity index (χ3n) is 9.50. The van der Waals surface area contributed by atoms with E-state index in [1.807, 2.05) is 6.92 Å². The molecule has 3 saturated heterocycles. The molecule has 2 aromatic carbocycles. The minimum absolute atomic E-state index is 0.478. The number of hydrogen-bond acceptors (Lipinski definition) is 5. The number of para-hydroxylation sites is 2. The molecular weight excluding hydrogens is 536 g/mol. The average molecular weight is 573 g/mol. The Hall–Kier alpha value is -3.78. The van der Waals surface area contributed by atoms with Crippen LogP contribution in [-0.4, -0.2) is 55.4 Å². The van der Waals surface area contributed by atoms with Crippen molar-refractivity contribution in [3.05, 3.63) is 107 Å². The molecule has 4 aromatic heterocycles. The largest absolute Gasteiger partial charge is 0.361 e. The van der Waals surface area contributed by atoms with Gasteiger partial charge >= 0.3 is 0 Å². The average Bonchev–Trinajstić information content (AvgIpc) is 3.79. The van der Waals surface area contributed by atoms with E-state index in [-0.39, 0.29) is 0 Å². The van der Waals surface area contributed by atoms with E-state index in [1.165, 1.54) is 62.9 Å². The fourth-order valence-electron chi connectivity index (χ4n) is 7.48. The predicted molar refractivity (Wildman–Crippen MR) is 172 cm³/mol. The van der Waals surface area contributed by atoms with E-state index in [0.29, 0.717) is 17.9 Å². The number of aromatic amines is 2. The molecule has 7 heterocycles. The molecule has 3 fully saturated rings. The number of H-pyrrole nitrogens is 2. The van der Waals surface area contributed by atoms with Gasteiger partial charge in [0.05, 0.1) is 10.6 Å². The molecule has 3 aliphatic heterocycles. The molecule has 2 N–H and O–H groups in total. The molecule has 0 aliphatic carbocycles. The number of benzene rings is 2. The normalized spacial score (nSPS) is 22.0. The number of nitrogens with one attached hydrogen (secondary N) is 2. The van der Waals surface area contributed by atoms with Crippen LogP contribution < -0.4 is 0 Å². The Morgan fingerprint density at radius 3 is 2.26 bits per heavy atom. The maximum absolute atomic E-state index is 4.98. The fourth-order valence-corrected chi connectivity index (χ4v) is 8.17. The van der Waals surface area contributed by atoms with Crippen molar-refractivity contribution in [1.29, 1.82) is 0 Å². The van der Waals surface area contributed by atoms with Crippen molar-refractivity contribution in [3.63, 3.8) is 0 Å². The van der Waals surface area contributed by atoms with Gasteiger partial charge in [-0.25, -0.2) is 9.97 Å². The highest BCUT2D eigenvalue weighted by molar-refractivity contribution is 7.13. The topological polar surface area (TPSA) is 63.8 Å². The first-order valence-electron chi connectivity index (χ1n) is 15.1. The van der Waals surface area contributed by atoms with Crippen molar-refractivity contribution < 1.29 is 0 Å². The summed E-state index contributed by atoms with van der Waals surface area (Å²) >= 11 is 1.76. The monoisotopic (exact) mass is 572 g/mol. The van der Waals surface area contributed by atoms with Crippen molar-refractivity contribution in [1.82, 2.24) is 29.7 Å².